The molecule has 1 atom stereocenters. The second kappa shape index (κ2) is 6.21. The minimum absolute atomic E-state index is 0.124. The van der Waals surface area contributed by atoms with E-state index in [4.69, 9.17) is 11.6 Å². The molecule has 0 radical (unpaired) electrons. The van der Waals surface area contributed by atoms with E-state index >= 15 is 0 Å². The van der Waals surface area contributed by atoms with Crippen LogP contribution in [-0.4, -0.2) is 19.9 Å². The van der Waals surface area contributed by atoms with E-state index in [-0.39, 0.29) is 20.2 Å². The van der Waals surface area contributed by atoms with Gasteiger partial charge in [0, 0.05) is 12.6 Å². The van der Waals surface area contributed by atoms with Crippen LogP contribution in [0.5, 0.6) is 0 Å². The number of nitrogens with zero attached hydrogens (tertiary/aromatic N) is 1. The second-order valence-electron chi connectivity index (χ2n) is 4.48. The van der Waals surface area contributed by atoms with Gasteiger partial charge in [-0.15, -0.1) is 11.3 Å². The number of nitro groups is 1. The van der Waals surface area contributed by atoms with Crippen molar-refractivity contribution in [1.29, 1.82) is 0 Å². The van der Waals surface area contributed by atoms with E-state index in [9.17, 15) is 18.5 Å². The minimum atomic E-state index is -3.74. The van der Waals surface area contributed by atoms with E-state index in [1.807, 2.05) is 6.08 Å². The zero-order valence-corrected chi connectivity index (χ0v) is 12.8. The van der Waals surface area contributed by atoms with Gasteiger partial charge >= 0.3 is 0 Å². The van der Waals surface area contributed by atoms with E-state index in [1.165, 1.54) is 0 Å². The molecule has 0 bridgehead atoms. The highest BCUT2D eigenvalue weighted by Gasteiger charge is 2.25. The van der Waals surface area contributed by atoms with E-state index in [2.05, 4.69) is 10.8 Å². The summed E-state index contributed by atoms with van der Waals surface area (Å²) in [6, 6.07) is 0.996. The van der Waals surface area contributed by atoms with Crippen molar-refractivity contribution in [3.63, 3.8) is 0 Å². The van der Waals surface area contributed by atoms with Gasteiger partial charge in [-0.25, -0.2) is 13.1 Å². The Balaban J connectivity index is 2.08. The van der Waals surface area contributed by atoms with Gasteiger partial charge in [0.2, 0.25) is 10.0 Å². The summed E-state index contributed by atoms with van der Waals surface area (Å²) in [5.41, 5.74) is -0.377. The van der Waals surface area contributed by atoms with Crippen molar-refractivity contribution in [2.45, 2.75) is 23.5 Å². The summed E-state index contributed by atoms with van der Waals surface area (Å²) in [5, 5.41) is 10.7. The molecule has 20 heavy (non-hydrogen) atoms. The van der Waals surface area contributed by atoms with Crippen LogP contribution in [0.3, 0.4) is 0 Å². The first-order valence-corrected chi connectivity index (χ1v) is 8.66. The van der Waals surface area contributed by atoms with E-state index in [0.717, 1.165) is 25.3 Å². The molecule has 110 valence electrons. The lowest BCUT2D eigenvalue weighted by Crippen LogP contribution is -2.29. The highest BCUT2D eigenvalue weighted by atomic mass is 35.5. The third-order valence-electron chi connectivity index (χ3n) is 3.05. The Labute approximate surface area is 125 Å². The summed E-state index contributed by atoms with van der Waals surface area (Å²) in [6.07, 6.45) is 6.84. The van der Waals surface area contributed by atoms with Crippen LogP contribution in [0, 0.1) is 16.0 Å². The Morgan fingerprint density at radius 1 is 1.50 bits per heavy atom. The molecular weight excluding hydrogens is 324 g/mol. The molecular formula is C11H13ClN2O4S2. The Kier molecular flexibility index (Phi) is 4.79. The van der Waals surface area contributed by atoms with Crippen LogP contribution in [0.25, 0.3) is 0 Å². The number of allylic oxidation sites excluding steroid dienone is 2. The van der Waals surface area contributed by atoms with E-state index in [0.29, 0.717) is 17.9 Å². The quantitative estimate of drug-likeness (QED) is 0.508. The molecule has 0 aliphatic heterocycles. The number of hydrogen-bond acceptors (Lipinski definition) is 5. The maximum absolute atomic E-state index is 12.1. The van der Waals surface area contributed by atoms with Crippen LogP contribution in [0.1, 0.15) is 19.3 Å². The summed E-state index contributed by atoms with van der Waals surface area (Å²) in [7, 11) is -3.74. The van der Waals surface area contributed by atoms with Crippen molar-refractivity contribution in [3.05, 3.63) is 32.7 Å². The van der Waals surface area contributed by atoms with Gasteiger partial charge in [-0.1, -0.05) is 23.8 Å². The van der Waals surface area contributed by atoms with Crippen LogP contribution in [0.4, 0.5) is 5.69 Å². The summed E-state index contributed by atoms with van der Waals surface area (Å²) in [6.45, 7) is 0.329. The molecule has 1 unspecified atom stereocenters. The maximum atomic E-state index is 12.1. The molecule has 2 rings (SSSR count). The molecule has 9 heteroatoms. The molecule has 1 aromatic rings. The number of nitrogens with one attached hydrogen (secondary N) is 1. The molecule has 1 aliphatic carbocycles. The van der Waals surface area contributed by atoms with Gasteiger partial charge in [0.05, 0.1) is 4.92 Å². The molecule has 0 saturated carbocycles. The van der Waals surface area contributed by atoms with Gasteiger partial charge < -0.3 is 0 Å². The normalized spacial score (nSPS) is 19.1. The molecule has 1 N–H and O–H groups in total. The molecule has 0 spiro atoms. The molecule has 0 fully saturated rings. The Bertz CT molecular complexity index is 639. The van der Waals surface area contributed by atoms with Crippen molar-refractivity contribution in [2.75, 3.05) is 6.54 Å². The second-order valence-corrected chi connectivity index (χ2v) is 8.13. The first-order valence-electron chi connectivity index (χ1n) is 5.98. The van der Waals surface area contributed by atoms with Gasteiger partial charge in [-0.3, -0.25) is 10.1 Å². The SMILES string of the molecule is O=[N+]([O-])c1cc(S(=O)(=O)NCC2CC=CCC2)sc1Cl. The largest absolute Gasteiger partial charge is 0.300 e. The van der Waals surface area contributed by atoms with Crippen LogP contribution >= 0.6 is 22.9 Å². The van der Waals surface area contributed by atoms with Gasteiger partial charge in [-0.05, 0) is 25.2 Å². The monoisotopic (exact) mass is 336 g/mol. The van der Waals surface area contributed by atoms with Crippen LogP contribution in [-0.2, 0) is 10.0 Å². The molecule has 0 amide bonds. The van der Waals surface area contributed by atoms with Crippen molar-refractivity contribution < 1.29 is 13.3 Å². The number of halogens is 1. The van der Waals surface area contributed by atoms with Crippen LogP contribution < -0.4 is 4.72 Å². The standard InChI is InChI=1S/C11H13ClN2O4S2/c12-11-9(14(15)16)6-10(19-11)20(17,18)13-7-8-4-2-1-3-5-8/h1-2,6,8,13H,3-5,7H2. The molecule has 6 nitrogen and oxygen atoms in total. The Morgan fingerprint density at radius 2 is 2.25 bits per heavy atom. The van der Waals surface area contributed by atoms with E-state index in [1.54, 1.807) is 0 Å². The number of hydrogen-bond donors (Lipinski definition) is 1. The number of sulfonamides is 1. The average molecular weight is 337 g/mol. The summed E-state index contributed by atoms with van der Waals surface area (Å²) < 4.78 is 26.4. The summed E-state index contributed by atoms with van der Waals surface area (Å²) >= 11 is 6.37. The topological polar surface area (TPSA) is 89.3 Å². The average Bonchev–Trinajstić information content (AvgIpc) is 2.81. The van der Waals surface area contributed by atoms with Crippen molar-refractivity contribution in [2.24, 2.45) is 5.92 Å². The lowest BCUT2D eigenvalue weighted by Gasteiger charge is -2.17. The van der Waals surface area contributed by atoms with Gasteiger partial charge in [0.1, 0.15) is 4.21 Å². The van der Waals surface area contributed by atoms with Gasteiger partial charge in [-0.2, -0.15) is 0 Å². The summed E-state index contributed by atoms with van der Waals surface area (Å²) in [5.74, 6) is 0.264. The lowest BCUT2D eigenvalue weighted by atomic mass is 9.95. The van der Waals surface area contributed by atoms with Crippen LogP contribution in [0.2, 0.25) is 4.34 Å². The number of thiophene rings is 1. The first kappa shape index (κ1) is 15.4. The van der Waals surface area contributed by atoms with Crippen molar-refractivity contribution in [3.8, 4) is 0 Å². The van der Waals surface area contributed by atoms with E-state index < -0.39 is 14.9 Å². The van der Waals surface area contributed by atoms with Crippen LogP contribution in [0.15, 0.2) is 22.4 Å². The Hall–Kier alpha value is -0.960. The number of rotatable bonds is 5. The smallest absolute Gasteiger partial charge is 0.258 e. The Morgan fingerprint density at radius 3 is 2.80 bits per heavy atom. The molecule has 1 aliphatic rings. The predicted octanol–water partition coefficient (Wildman–Crippen LogP) is 2.94. The fourth-order valence-corrected chi connectivity index (χ4v) is 4.76. The highest BCUT2D eigenvalue weighted by molar-refractivity contribution is 7.91. The van der Waals surface area contributed by atoms with Crippen molar-refractivity contribution in [1.82, 2.24) is 4.72 Å². The minimum Gasteiger partial charge on any atom is -0.258 e. The highest BCUT2D eigenvalue weighted by Crippen LogP contribution is 2.36. The maximum Gasteiger partial charge on any atom is 0.300 e. The first-order chi connectivity index (χ1) is 9.40. The molecule has 0 saturated heterocycles. The van der Waals surface area contributed by atoms with Crippen molar-refractivity contribution >= 4 is 38.6 Å². The third kappa shape index (κ3) is 3.57. The zero-order chi connectivity index (χ0) is 14.8. The fourth-order valence-electron chi connectivity index (χ4n) is 1.94. The lowest BCUT2D eigenvalue weighted by molar-refractivity contribution is -0.384. The molecule has 1 heterocycles. The zero-order valence-electron chi connectivity index (χ0n) is 10.4. The van der Waals surface area contributed by atoms with Gasteiger partial charge in [0.15, 0.2) is 4.34 Å². The molecule has 0 aromatic carbocycles. The third-order valence-corrected chi connectivity index (χ3v) is 6.28. The van der Waals surface area contributed by atoms with Gasteiger partial charge in [0.25, 0.3) is 5.69 Å². The fraction of sp³-hybridized carbons (Fsp3) is 0.455. The summed E-state index contributed by atoms with van der Waals surface area (Å²) in [4.78, 5) is 9.98. The molecule has 1 aromatic heterocycles. The predicted molar refractivity (Wildman–Crippen MR) is 77.7 cm³/mol.